The Balaban J connectivity index is 0.00000117. The number of rotatable bonds is 5. The highest BCUT2D eigenvalue weighted by Gasteiger charge is 2.01. The summed E-state index contributed by atoms with van der Waals surface area (Å²) in [6.07, 6.45) is 6.00. The fraction of sp³-hybridized carbons (Fsp3) is 0.167. The van der Waals surface area contributed by atoms with Gasteiger partial charge in [0.15, 0.2) is 0 Å². The SMILES string of the molecule is CO.Cc1ccc(Cc2cccc(/C=C\Cc3ccccc3)c2)cc1F. The summed E-state index contributed by atoms with van der Waals surface area (Å²) in [5.74, 6) is -0.133. The predicted octanol–water partition coefficient (Wildman–Crippen LogP) is 5.59. The highest BCUT2D eigenvalue weighted by atomic mass is 19.1. The van der Waals surface area contributed by atoms with E-state index in [0.717, 1.165) is 25.5 Å². The molecule has 0 saturated heterocycles. The summed E-state index contributed by atoms with van der Waals surface area (Å²) in [4.78, 5) is 0. The molecule has 2 heteroatoms. The number of aliphatic hydroxyl groups is 1. The van der Waals surface area contributed by atoms with Crippen LogP contribution in [-0.2, 0) is 12.8 Å². The molecule has 134 valence electrons. The summed E-state index contributed by atoms with van der Waals surface area (Å²) in [6.45, 7) is 1.79. The molecule has 1 nitrogen and oxygen atoms in total. The molecule has 0 aromatic heterocycles. The second-order valence-electron chi connectivity index (χ2n) is 6.10. The molecule has 0 atom stereocenters. The van der Waals surface area contributed by atoms with E-state index in [1.165, 1.54) is 16.7 Å². The fourth-order valence-corrected chi connectivity index (χ4v) is 2.73. The highest BCUT2D eigenvalue weighted by Crippen LogP contribution is 2.16. The van der Waals surface area contributed by atoms with Gasteiger partial charge >= 0.3 is 0 Å². The first-order chi connectivity index (χ1) is 12.7. The molecule has 0 radical (unpaired) electrons. The molecule has 3 rings (SSSR count). The number of aryl methyl sites for hydroxylation is 1. The molecule has 26 heavy (non-hydrogen) atoms. The average molecular weight is 348 g/mol. The summed E-state index contributed by atoms with van der Waals surface area (Å²) < 4.78 is 13.7. The summed E-state index contributed by atoms with van der Waals surface area (Å²) >= 11 is 0. The molecule has 3 aromatic carbocycles. The summed E-state index contributed by atoms with van der Waals surface area (Å²) in [5, 5.41) is 7.00. The molecule has 3 aromatic rings. The standard InChI is InChI=1S/C23H21F.CH4O/c1-18-13-14-22(17-23(18)24)16-21-12-6-11-20(15-21)10-5-9-19-7-3-2-4-8-19;1-2/h2-8,10-15,17H,9,16H2,1H3;2H,1H3/b10-5-;. The van der Waals surface area contributed by atoms with Crippen molar-refractivity contribution in [2.75, 3.05) is 7.11 Å². The molecule has 0 spiro atoms. The second kappa shape index (κ2) is 10.3. The van der Waals surface area contributed by atoms with Gasteiger partial charge in [0.05, 0.1) is 0 Å². The van der Waals surface area contributed by atoms with Crippen molar-refractivity contribution in [1.82, 2.24) is 0 Å². The number of allylic oxidation sites excluding steroid dienone is 1. The minimum atomic E-state index is -0.133. The minimum absolute atomic E-state index is 0.133. The first-order valence-corrected chi connectivity index (χ1v) is 8.70. The molecule has 0 saturated carbocycles. The van der Waals surface area contributed by atoms with Crippen molar-refractivity contribution in [3.8, 4) is 0 Å². The van der Waals surface area contributed by atoms with Crippen LogP contribution in [0.3, 0.4) is 0 Å². The van der Waals surface area contributed by atoms with Crippen LogP contribution in [0.5, 0.6) is 0 Å². The van der Waals surface area contributed by atoms with Gasteiger partial charge in [0.1, 0.15) is 5.82 Å². The van der Waals surface area contributed by atoms with Gasteiger partial charge in [-0.15, -0.1) is 0 Å². The molecule has 0 fully saturated rings. The van der Waals surface area contributed by atoms with E-state index in [9.17, 15) is 4.39 Å². The third kappa shape index (κ3) is 5.98. The van der Waals surface area contributed by atoms with Gasteiger partial charge in [-0.2, -0.15) is 0 Å². The zero-order valence-electron chi connectivity index (χ0n) is 15.3. The zero-order chi connectivity index (χ0) is 18.8. The van der Waals surface area contributed by atoms with Crippen LogP contribution in [0.2, 0.25) is 0 Å². The van der Waals surface area contributed by atoms with Gasteiger partial charge in [-0.05, 0) is 53.6 Å². The molecular formula is C24H25FO. The number of benzene rings is 3. The first-order valence-electron chi connectivity index (χ1n) is 8.70. The molecule has 0 amide bonds. The Morgan fingerprint density at radius 3 is 2.23 bits per heavy atom. The largest absolute Gasteiger partial charge is 0.400 e. The van der Waals surface area contributed by atoms with Crippen molar-refractivity contribution in [2.24, 2.45) is 0 Å². The molecule has 0 aliphatic rings. The van der Waals surface area contributed by atoms with Gasteiger partial charge in [0.25, 0.3) is 0 Å². The monoisotopic (exact) mass is 348 g/mol. The van der Waals surface area contributed by atoms with Gasteiger partial charge in [-0.3, -0.25) is 0 Å². The van der Waals surface area contributed by atoms with E-state index >= 15 is 0 Å². The quantitative estimate of drug-likeness (QED) is 0.637. The summed E-state index contributed by atoms with van der Waals surface area (Å²) in [6, 6.07) is 24.3. The number of halogens is 1. The van der Waals surface area contributed by atoms with E-state index < -0.39 is 0 Å². The highest BCUT2D eigenvalue weighted by molar-refractivity contribution is 5.51. The van der Waals surface area contributed by atoms with Crippen LogP contribution in [0.1, 0.15) is 27.8 Å². The molecule has 0 aliphatic carbocycles. The van der Waals surface area contributed by atoms with Crippen molar-refractivity contribution >= 4 is 6.08 Å². The van der Waals surface area contributed by atoms with Crippen molar-refractivity contribution in [3.63, 3.8) is 0 Å². The van der Waals surface area contributed by atoms with Crippen LogP contribution in [0, 0.1) is 12.7 Å². The third-order valence-corrected chi connectivity index (χ3v) is 4.10. The lowest BCUT2D eigenvalue weighted by molar-refractivity contribution is 0.399. The van der Waals surface area contributed by atoms with Gasteiger partial charge in [0.2, 0.25) is 0 Å². The van der Waals surface area contributed by atoms with Crippen molar-refractivity contribution in [1.29, 1.82) is 0 Å². The Bertz CT molecular complexity index is 838. The molecule has 0 bridgehead atoms. The van der Waals surface area contributed by atoms with Crippen molar-refractivity contribution in [3.05, 3.63) is 113 Å². The van der Waals surface area contributed by atoms with E-state index in [-0.39, 0.29) is 5.82 Å². The lowest BCUT2D eigenvalue weighted by Crippen LogP contribution is -1.91. The van der Waals surface area contributed by atoms with Crippen LogP contribution in [0.15, 0.2) is 78.9 Å². The molecule has 1 N–H and O–H groups in total. The van der Waals surface area contributed by atoms with Crippen molar-refractivity contribution < 1.29 is 9.50 Å². The Labute approximate surface area is 155 Å². The van der Waals surface area contributed by atoms with E-state index in [0.29, 0.717) is 5.56 Å². The van der Waals surface area contributed by atoms with Gasteiger partial charge in [-0.1, -0.05) is 78.9 Å². The molecule has 0 heterocycles. The maximum atomic E-state index is 13.7. The number of aliphatic hydroxyl groups excluding tert-OH is 1. The third-order valence-electron chi connectivity index (χ3n) is 4.10. The Kier molecular flexibility index (Phi) is 7.78. The summed E-state index contributed by atoms with van der Waals surface area (Å²) in [7, 11) is 1.00. The zero-order valence-corrected chi connectivity index (χ0v) is 15.3. The lowest BCUT2D eigenvalue weighted by atomic mass is 10.0. The van der Waals surface area contributed by atoms with Gasteiger partial charge in [0, 0.05) is 7.11 Å². The van der Waals surface area contributed by atoms with Crippen LogP contribution >= 0.6 is 0 Å². The topological polar surface area (TPSA) is 20.2 Å². The number of hydrogen-bond donors (Lipinski definition) is 1. The fourth-order valence-electron chi connectivity index (χ4n) is 2.73. The van der Waals surface area contributed by atoms with Crippen LogP contribution < -0.4 is 0 Å². The van der Waals surface area contributed by atoms with E-state index in [1.807, 2.05) is 18.2 Å². The predicted molar refractivity (Wildman–Crippen MR) is 108 cm³/mol. The minimum Gasteiger partial charge on any atom is -0.400 e. The Morgan fingerprint density at radius 2 is 1.50 bits per heavy atom. The number of hydrogen-bond acceptors (Lipinski definition) is 1. The van der Waals surface area contributed by atoms with Crippen LogP contribution in [0.25, 0.3) is 6.08 Å². The average Bonchev–Trinajstić information content (AvgIpc) is 2.68. The van der Waals surface area contributed by atoms with Crippen LogP contribution in [-0.4, -0.2) is 12.2 Å². The van der Waals surface area contributed by atoms with E-state index in [2.05, 4.69) is 60.7 Å². The summed E-state index contributed by atoms with van der Waals surface area (Å²) in [5.41, 5.74) is 5.37. The normalized spacial score (nSPS) is 10.5. The maximum Gasteiger partial charge on any atom is 0.126 e. The van der Waals surface area contributed by atoms with Gasteiger partial charge < -0.3 is 5.11 Å². The Morgan fingerprint density at radius 1 is 0.808 bits per heavy atom. The Hall–Kier alpha value is -2.71. The van der Waals surface area contributed by atoms with E-state index in [1.54, 1.807) is 13.0 Å². The lowest BCUT2D eigenvalue weighted by Gasteiger charge is -2.05. The van der Waals surface area contributed by atoms with Crippen molar-refractivity contribution in [2.45, 2.75) is 19.8 Å². The maximum absolute atomic E-state index is 13.7. The molecule has 0 aliphatic heterocycles. The second-order valence-corrected chi connectivity index (χ2v) is 6.10. The molecular weight excluding hydrogens is 323 g/mol. The van der Waals surface area contributed by atoms with Gasteiger partial charge in [-0.25, -0.2) is 4.39 Å². The van der Waals surface area contributed by atoms with Crippen LogP contribution in [0.4, 0.5) is 4.39 Å². The smallest absolute Gasteiger partial charge is 0.126 e. The molecule has 0 unspecified atom stereocenters. The van der Waals surface area contributed by atoms with E-state index in [4.69, 9.17) is 5.11 Å². The first kappa shape index (κ1) is 19.6.